The summed E-state index contributed by atoms with van der Waals surface area (Å²) in [7, 11) is 3.68. The number of nitrogens with zero attached hydrogens (tertiary/aromatic N) is 1. The third-order valence-electron chi connectivity index (χ3n) is 1.86. The predicted molar refractivity (Wildman–Crippen MR) is 51.1 cm³/mol. The Kier molecular flexibility index (Phi) is 4.62. The summed E-state index contributed by atoms with van der Waals surface area (Å²) in [5.74, 6) is -1.11. The van der Waals surface area contributed by atoms with Crippen molar-refractivity contribution in [3.8, 4) is 0 Å². The minimum Gasteiger partial charge on any atom is -0.334 e. The van der Waals surface area contributed by atoms with Gasteiger partial charge in [0.25, 0.3) is 5.91 Å². The van der Waals surface area contributed by atoms with Crippen molar-refractivity contribution in [3.63, 3.8) is 0 Å². The normalized spacial score (nSPS) is 13.2. The molecule has 1 unspecified atom stereocenters. The van der Waals surface area contributed by atoms with Crippen LogP contribution in [0.15, 0.2) is 0 Å². The van der Waals surface area contributed by atoms with Crippen LogP contribution in [0.3, 0.4) is 0 Å². The molecule has 0 aliphatic rings. The van der Waals surface area contributed by atoms with Crippen molar-refractivity contribution in [1.29, 1.82) is 0 Å². The zero-order valence-corrected chi connectivity index (χ0v) is 8.92. The van der Waals surface area contributed by atoms with Crippen LogP contribution in [0.2, 0.25) is 0 Å². The van der Waals surface area contributed by atoms with Crippen LogP contribution in [0.1, 0.15) is 20.8 Å². The SMILES string of the molecule is CC(C)C(=O)C(=O)NC(C)N(C)C. The molecule has 0 saturated carbocycles. The topological polar surface area (TPSA) is 49.4 Å². The second kappa shape index (κ2) is 4.97. The smallest absolute Gasteiger partial charge is 0.288 e. The van der Waals surface area contributed by atoms with Crippen molar-refractivity contribution in [2.75, 3.05) is 14.1 Å². The molecule has 76 valence electrons. The molecule has 0 rings (SSSR count). The van der Waals surface area contributed by atoms with E-state index in [0.717, 1.165) is 0 Å². The quantitative estimate of drug-likeness (QED) is 0.505. The van der Waals surface area contributed by atoms with E-state index in [4.69, 9.17) is 0 Å². The van der Waals surface area contributed by atoms with E-state index in [0.29, 0.717) is 0 Å². The average molecular weight is 186 g/mol. The highest BCUT2D eigenvalue weighted by Gasteiger charge is 2.19. The standard InChI is InChI=1S/C9H18N2O2/c1-6(2)8(12)9(13)10-7(3)11(4)5/h6-7H,1-5H3,(H,10,13). The van der Waals surface area contributed by atoms with E-state index in [1.165, 1.54) is 0 Å². The first-order valence-corrected chi connectivity index (χ1v) is 4.37. The Morgan fingerprint density at radius 2 is 1.62 bits per heavy atom. The Morgan fingerprint density at radius 3 is 1.92 bits per heavy atom. The third-order valence-corrected chi connectivity index (χ3v) is 1.86. The molecule has 0 bridgehead atoms. The molecular formula is C9H18N2O2. The summed E-state index contributed by atoms with van der Waals surface area (Å²) < 4.78 is 0. The Labute approximate surface area is 79.3 Å². The van der Waals surface area contributed by atoms with Gasteiger partial charge in [0.1, 0.15) is 0 Å². The molecule has 0 aliphatic carbocycles. The first-order valence-electron chi connectivity index (χ1n) is 4.37. The molecular weight excluding hydrogens is 168 g/mol. The van der Waals surface area contributed by atoms with Gasteiger partial charge in [-0.15, -0.1) is 0 Å². The zero-order chi connectivity index (χ0) is 10.6. The van der Waals surface area contributed by atoms with Crippen LogP contribution in [0.25, 0.3) is 0 Å². The van der Waals surface area contributed by atoms with Gasteiger partial charge in [-0.05, 0) is 21.0 Å². The first-order chi connectivity index (χ1) is 5.86. The molecule has 0 aromatic heterocycles. The van der Waals surface area contributed by atoms with Gasteiger partial charge in [0.15, 0.2) is 0 Å². The highest BCUT2D eigenvalue weighted by Crippen LogP contribution is 1.95. The number of carbonyl (C=O) groups is 2. The van der Waals surface area contributed by atoms with Crippen molar-refractivity contribution >= 4 is 11.7 Å². The van der Waals surface area contributed by atoms with E-state index in [2.05, 4.69) is 5.32 Å². The van der Waals surface area contributed by atoms with Crippen LogP contribution in [0, 0.1) is 5.92 Å². The predicted octanol–water partition coefficient (Wildman–Crippen LogP) is 0.235. The zero-order valence-electron chi connectivity index (χ0n) is 8.92. The van der Waals surface area contributed by atoms with Crippen molar-refractivity contribution in [3.05, 3.63) is 0 Å². The number of nitrogens with one attached hydrogen (secondary N) is 1. The van der Waals surface area contributed by atoms with Gasteiger partial charge in [0.05, 0.1) is 6.17 Å². The highest BCUT2D eigenvalue weighted by atomic mass is 16.2. The maximum atomic E-state index is 11.2. The van der Waals surface area contributed by atoms with Crippen molar-refractivity contribution in [2.24, 2.45) is 5.92 Å². The largest absolute Gasteiger partial charge is 0.334 e. The van der Waals surface area contributed by atoms with E-state index in [-0.39, 0.29) is 17.9 Å². The summed E-state index contributed by atoms with van der Waals surface area (Å²) in [5, 5.41) is 2.60. The summed E-state index contributed by atoms with van der Waals surface area (Å²) >= 11 is 0. The first kappa shape index (κ1) is 12.1. The van der Waals surface area contributed by atoms with E-state index >= 15 is 0 Å². The van der Waals surface area contributed by atoms with Gasteiger partial charge < -0.3 is 5.32 Å². The van der Waals surface area contributed by atoms with Gasteiger partial charge in [-0.2, -0.15) is 0 Å². The molecule has 0 radical (unpaired) electrons. The second-order valence-corrected chi connectivity index (χ2v) is 3.63. The second-order valence-electron chi connectivity index (χ2n) is 3.63. The highest BCUT2D eigenvalue weighted by molar-refractivity contribution is 6.36. The average Bonchev–Trinajstić information content (AvgIpc) is 2.02. The van der Waals surface area contributed by atoms with Gasteiger partial charge in [0, 0.05) is 5.92 Å². The number of carbonyl (C=O) groups excluding carboxylic acids is 2. The monoisotopic (exact) mass is 186 g/mol. The molecule has 0 heterocycles. The third kappa shape index (κ3) is 4.03. The molecule has 1 N–H and O–H groups in total. The number of hydrogen-bond acceptors (Lipinski definition) is 3. The van der Waals surface area contributed by atoms with E-state index < -0.39 is 5.91 Å². The Bertz CT molecular complexity index is 200. The Balaban J connectivity index is 4.08. The molecule has 13 heavy (non-hydrogen) atoms. The van der Waals surface area contributed by atoms with Crippen LogP contribution in [0.5, 0.6) is 0 Å². The maximum Gasteiger partial charge on any atom is 0.288 e. The van der Waals surface area contributed by atoms with Gasteiger partial charge in [-0.25, -0.2) is 0 Å². The lowest BCUT2D eigenvalue weighted by molar-refractivity contribution is -0.140. The number of amides is 1. The molecule has 0 aromatic rings. The molecule has 1 amide bonds. The van der Waals surface area contributed by atoms with Crippen LogP contribution >= 0.6 is 0 Å². The molecule has 0 saturated heterocycles. The summed E-state index contributed by atoms with van der Waals surface area (Å²) in [5.41, 5.74) is 0. The van der Waals surface area contributed by atoms with E-state index in [1.807, 2.05) is 25.9 Å². The number of hydrogen-bond donors (Lipinski definition) is 1. The van der Waals surface area contributed by atoms with Crippen LogP contribution < -0.4 is 5.32 Å². The molecule has 0 aromatic carbocycles. The maximum absolute atomic E-state index is 11.2. The summed E-state index contributed by atoms with van der Waals surface area (Å²) in [6.07, 6.45) is -0.116. The Morgan fingerprint density at radius 1 is 1.15 bits per heavy atom. The number of rotatable bonds is 4. The summed E-state index contributed by atoms with van der Waals surface area (Å²) in [4.78, 5) is 24.2. The fraction of sp³-hybridized carbons (Fsp3) is 0.778. The molecule has 1 atom stereocenters. The molecule has 0 aliphatic heterocycles. The lowest BCUT2D eigenvalue weighted by Crippen LogP contribution is -2.46. The summed E-state index contributed by atoms with van der Waals surface area (Å²) in [6, 6.07) is 0. The molecule has 4 heteroatoms. The lowest BCUT2D eigenvalue weighted by Gasteiger charge is -2.20. The van der Waals surface area contributed by atoms with Gasteiger partial charge in [-0.1, -0.05) is 13.8 Å². The van der Waals surface area contributed by atoms with Gasteiger partial charge in [-0.3, -0.25) is 14.5 Å². The van der Waals surface area contributed by atoms with Crippen molar-refractivity contribution in [2.45, 2.75) is 26.9 Å². The van der Waals surface area contributed by atoms with Crippen molar-refractivity contribution in [1.82, 2.24) is 10.2 Å². The number of ketones is 1. The van der Waals surface area contributed by atoms with Gasteiger partial charge >= 0.3 is 0 Å². The Hall–Kier alpha value is -0.900. The fourth-order valence-corrected chi connectivity index (χ4v) is 0.652. The van der Waals surface area contributed by atoms with Gasteiger partial charge in [0.2, 0.25) is 5.78 Å². The molecule has 0 spiro atoms. The van der Waals surface area contributed by atoms with E-state index in [1.54, 1.807) is 13.8 Å². The number of Topliss-reactive ketones (excluding diaryl/α,β-unsaturated/α-hetero) is 1. The van der Waals surface area contributed by atoms with Crippen LogP contribution in [-0.2, 0) is 9.59 Å². The fourth-order valence-electron chi connectivity index (χ4n) is 0.652. The van der Waals surface area contributed by atoms with Crippen LogP contribution in [-0.4, -0.2) is 36.9 Å². The lowest BCUT2D eigenvalue weighted by atomic mass is 10.1. The van der Waals surface area contributed by atoms with E-state index in [9.17, 15) is 9.59 Å². The molecule has 0 fully saturated rings. The van der Waals surface area contributed by atoms with Crippen LogP contribution in [0.4, 0.5) is 0 Å². The summed E-state index contributed by atoms with van der Waals surface area (Å²) in [6.45, 7) is 5.25. The molecule has 4 nitrogen and oxygen atoms in total. The minimum atomic E-state index is -0.504. The minimum absolute atomic E-state index is 0.116. The van der Waals surface area contributed by atoms with Crippen molar-refractivity contribution < 1.29 is 9.59 Å².